The number of aromatic amines is 1. The number of rotatable bonds is 3. The summed E-state index contributed by atoms with van der Waals surface area (Å²) in [5.74, 6) is 0. The lowest BCUT2D eigenvalue weighted by Gasteiger charge is -1.99. The number of nitrogens with one attached hydrogen (secondary N) is 1. The predicted octanol–water partition coefficient (Wildman–Crippen LogP) is 3.61. The summed E-state index contributed by atoms with van der Waals surface area (Å²) >= 11 is 11.7. The van der Waals surface area contributed by atoms with E-state index in [1.165, 1.54) is 0 Å². The first-order chi connectivity index (χ1) is 7.22. The van der Waals surface area contributed by atoms with E-state index in [0.717, 1.165) is 30.2 Å². The van der Waals surface area contributed by atoms with Crippen LogP contribution >= 0.6 is 23.2 Å². The molecular formula is C10H11Cl2N3. The van der Waals surface area contributed by atoms with Crippen molar-refractivity contribution in [3.63, 3.8) is 0 Å². The van der Waals surface area contributed by atoms with Gasteiger partial charge in [0.05, 0.1) is 5.39 Å². The van der Waals surface area contributed by atoms with Crippen LogP contribution < -0.4 is 0 Å². The van der Waals surface area contributed by atoms with Crippen molar-refractivity contribution in [1.29, 1.82) is 0 Å². The van der Waals surface area contributed by atoms with E-state index in [4.69, 9.17) is 23.2 Å². The Morgan fingerprint density at radius 3 is 2.87 bits per heavy atom. The molecule has 0 radical (unpaired) electrons. The Balaban J connectivity index is 2.49. The van der Waals surface area contributed by atoms with Gasteiger partial charge in [0.25, 0.3) is 0 Å². The van der Waals surface area contributed by atoms with E-state index in [9.17, 15) is 0 Å². The summed E-state index contributed by atoms with van der Waals surface area (Å²) < 4.78 is 0. The van der Waals surface area contributed by atoms with Crippen molar-refractivity contribution in [3.8, 4) is 0 Å². The molecule has 0 aliphatic carbocycles. The molecule has 5 heteroatoms. The largest absolute Gasteiger partial charge is 0.346 e. The van der Waals surface area contributed by atoms with Crippen LogP contribution in [0.4, 0.5) is 0 Å². The van der Waals surface area contributed by atoms with Crippen LogP contribution in [0.25, 0.3) is 11.0 Å². The number of aryl methyl sites for hydroxylation is 1. The topological polar surface area (TPSA) is 41.6 Å². The van der Waals surface area contributed by atoms with Gasteiger partial charge in [0.2, 0.25) is 5.28 Å². The highest BCUT2D eigenvalue weighted by atomic mass is 35.5. The molecule has 3 nitrogen and oxygen atoms in total. The maximum atomic E-state index is 6.03. The molecule has 2 aromatic rings. The van der Waals surface area contributed by atoms with Gasteiger partial charge in [-0.25, -0.2) is 4.98 Å². The summed E-state index contributed by atoms with van der Waals surface area (Å²) in [5, 5.41) is 1.50. The Bertz CT molecular complexity index is 479. The second-order valence-electron chi connectivity index (χ2n) is 3.42. The zero-order chi connectivity index (χ0) is 10.8. The van der Waals surface area contributed by atoms with Crippen LogP contribution in [0.2, 0.25) is 10.4 Å². The van der Waals surface area contributed by atoms with E-state index in [1.807, 2.05) is 6.20 Å². The van der Waals surface area contributed by atoms with Crippen LogP contribution in [0.5, 0.6) is 0 Å². The maximum absolute atomic E-state index is 6.03. The van der Waals surface area contributed by atoms with Crippen molar-refractivity contribution in [2.45, 2.75) is 26.2 Å². The number of hydrogen-bond donors (Lipinski definition) is 1. The van der Waals surface area contributed by atoms with Gasteiger partial charge in [0, 0.05) is 6.20 Å². The predicted molar refractivity (Wildman–Crippen MR) is 62.5 cm³/mol. The molecule has 0 aromatic carbocycles. The van der Waals surface area contributed by atoms with E-state index in [0.29, 0.717) is 10.8 Å². The third-order valence-corrected chi connectivity index (χ3v) is 2.78. The molecule has 0 saturated carbocycles. The van der Waals surface area contributed by atoms with E-state index >= 15 is 0 Å². The summed E-state index contributed by atoms with van der Waals surface area (Å²) in [6, 6.07) is 0. The van der Waals surface area contributed by atoms with Gasteiger partial charge in [0.15, 0.2) is 0 Å². The standard InChI is InChI=1S/C10H11Cl2N3/c1-2-3-4-6-5-13-9-7(6)8(11)14-10(12)15-9/h5H,2-4H2,1H3,(H,13,14,15). The number of H-pyrrole nitrogens is 1. The first kappa shape index (κ1) is 10.7. The van der Waals surface area contributed by atoms with Gasteiger partial charge in [-0.2, -0.15) is 4.98 Å². The summed E-state index contributed by atoms with van der Waals surface area (Å²) in [4.78, 5) is 11.1. The Morgan fingerprint density at radius 2 is 2.13 bits per heavy atom. The van der Waals surface area contributed by atoms with Crippen molar-refractivity contribution in [2.24, 2.45) is 0 Å². The smallest absolute Gasteiger partial charge is 0.225 e. The fourth-order valence-electron chi connectivity index (χ4n) is 1.59. The van der Waals surface area contributed by atoms with Gasteiger partial charge in [-0.15, -0.1) is 0 Å². The molecule has 0 fully saturated rings. The van der Waals surface area contributed by atoms with E-state index in [2.05, 4.69) is 21.9 Å². The summed E-state index contributed by atoms with van der Waals surface area (Å²) in [6.45, 7) is 2.16. The summed E-state index contributed by atoms with van der Waals surface area (Å²) in [5.41, 5.74) is 1.87. The van der Waals surface area contributed by atoms with Crippen LogP contribution in [0, 0.1) is 0 Å². The van der Waals surface area contributed by atoms with Crippen molar-refractivity contribution in [1.82, 2.24) is 15.0 Å². The van der Waals surface area contributed by atoms with Gasteiger partial charge in [0.1, 0.15) is 10.8 Å². The zero-order valence-corrected chi connectivity index (χ0v) is 9.86. The number of hydrogen-bond acceptors (Lipinski definition) is 2. The number of unbranched alkanes of at least 4 members (excludes halogenated alkanes) is 1. The third-order valence-electron chi connectivity index (χ3n) is 2.34. The lowest BCUT2D eigenvalue weighted by molar-refractivity contribution is 0.798. The van der Waals surface area contributed by atoms with Crippen molar-refractivity contribution in [2.75, 3.05) is 0 Å². The molecule has 0 spiro atoms. The van der Waals surface area contributed by atoms with Gasteiger partial charge in [-0.1, -0.05) is 24.9 Å². The highest BCUT2D eigenvalue weighted by molar-refractivity contribution is 6.35. The quantitative estimate of drug-likeness (QED) is 0.661. The number of aromatic nitrogens is 3. The summed E-state index contributed by atoms with van der Waals surface area (Å²) in [6.07, 6.45) is 5.20. The molecule has 2 aromatic heterocycles. The van der Waals surface area contributed by atoms with Crippen molar-refractivity contribution >= 4 is 34.2 Å². The third kappa shape index (κ3) is 2.08. The fourth-order valence-corrected chi connectivity index (χ4v) is 2.09. The van der Waals surface area contributed by atoms with Crippen molar-refractivity contribution < 1.29 is 0 Å². The highest BCUT2D eigenvalue weighted by Crippen LogP contribution is 2.26. The van der Waals surface area contributed by atoms with Crippen LogP contribution in [-0.2, 0) is 6.42 Å². The monoisotopic (exact) mass is 243 g/mol. The summed E-state index contributed by atoms with van der Waals surface area (Å²) in [7, 11) is 0. The van der Waals surface area contributed by atoms with Crippen LogP contribution in [0.3, 0.4) is 0 Å². The number of nitrogens with zero attached hydrogens (tertiary/aromatic N) is 2. The molecule has 0 bridgehead atoms. The minimum atomic E-state index is 0.177. The van der Waals surface area contributed by atoms with Crippen LogP contribution in [0.1, 0.15) is 25.3 Å². The molecule has 0 aliphatic rings. The molecule has 1 N–H and O–H groups in total. The molecule has 0 atom stereocenters. The number of halogens is 2. The number of fused-ring (bicyclic) bond motifs is 1. The Hall–Kier alpha value is -0.800. The van der Waals surface area contributed by atoms with Gasteiger partial charge >= 0.3 is 0 Å². The first-order valence-corrected chi connectivity index (χ1v) is 5.67. The van der Waals surface area contributed by atoms with Gasteiger partial charge < -0.3 is 4.98 Å². The molecule has 2 rings (SSSR count). The average molecular weight is 244 g/mol. The molecule has 15 heavy (non-hydrogen) atoms. The Morgan fingerprint density at radius 1 is 1.33 bits per heavy atom. The van der Waals surface area contributed by atoms with E-state index in [1.54, 1.807) is 0 Å². The fraction of sp³-hybridized carbons (Fsp3) is 0.400. The molecule has 0 aliphatic heterocycles. The minimum Gasteiger partial charge on any atom is -0.346 e. The zero-order valence-electron chi connectivity index (χ0n) is 8.35. The average Bonchev–Trinajstić information content (AvgIpc) is 2.58. The molecule has 0 amide bonds. The van der Waals surface area contributed by atoms with Gasteiger partial charge in [-0.05, 0) is 30.0 Å². The first-order valence-electron chi connectivity index (χ1n) is 4.91. The highest BCUT2D eigenvalue weighted by Gasteiger charge is 2.10. The minimum absolute atomic E-state index is 0.177. The molecule has 0 saturated heterocycles. The maximum Gasteiger partial charge on any atom is 0.225 e. The lowest BCUT2D eigenvalue weighted by Crippen LogP contribution is -1.87. The lowest BCUT2D eigenvalue weighted by atomic mass is 10.1. The molecule has 80 valence electrons. The molecule has 0 unspecified atom stereocenters. The SMILES string of the molecule is CCCCc1c[nH]c2nc(Cl)nc(Cl)c12. The second-order valence-corrected chi connectivity index (χ2v) is 4.12. The second kappa shape index (κ2) is 4.37. The Labute approximate surface area is 97.8 Å². The van der Waals surface area contributed by atoms with Crippen molar-refractivity contribution in [3.05, 3.63) is 22.2 Å². The van der Waals surface area contributed by atoms with Crippen LogP contribution in [-0.4, -0.2) is 15.0 Å². The molecule has 2 heterocycles. The normalized spacial score (nSPS) is 11.1. The van der Waals surface area contributed by atoms with E-state index in [-0.39, 0.29) is 5.28 Å². The molecular weight excluding hydrogens is 233 g/mol. The Kier molecular flexibility index (Phi) is 3.12. The van der Waals surface area contributed by atoms with Crippen LogP contribution in [0.15, 0.2) is 6.20 Å². The van der Waals surface area contributed by atoms with Gasteiger partial charge in [-0.3, -0.25) is 0 Å². The van der Waals surface area contributed by atoms with E-state index < -0.39 is 0 Å².